The highest BCUT2D eigenvalue weighted by molar-refractivity contribution is 7.80. The maximum absolute atomic E-state index is 10.7. The molecule has 0 unspecified atom stereocenters. The van der Waals surface area contributed by atoms with Crippen LogP contribution in [0.1, 0.15) is 22.8 Å². The highest BCUT2D eigenvalue weighted by atomic mass is 32.1. The summed E-state index contributed by atoms with van der Waals surface area (Å²) in [5, 5.41) is 14.5. The minimum absolute atomic E-state index is 0.397. The molecular weight excluding hydrogens is 336 g/mol. The summed E-state index contributed by atoms with van der Waals surface area (Å²) >= 11 is 5.57. The molecule has 2 aromatic rings. The van der Waals surface area contributed by atoms with Gasteiger partial charge in [0.2, 0.25) is 0 Å². The molecule has 0 saturated carbocycles. The molecule has 3 rings (SSSR count). The zero-order chi connectivity index (χ0) is 18.0. The number of hydrogen-bond donors (Lipinski definition) is 2. The first-order valence-electron chi connectivity index (χ1n) is 8.08. The molecule has 1 aliphatic heterocycles. The van der Waals surface area contributed by atoms with E-state index in [-0.39, 0.29) is 0 Å². The number of ether oxygens (including phenoxy) is 2. The molecule has 0 spiro atoms. The molecule has 0 radical (unpaired) electrons. The highest BCUT2D eigenvalue weighted by Crippen LogP contribution is 2.39. The molecule has 0 aliphatic carbocycles. The first kappa shape index (κ1) is 17.5. The Hall–Kier alpha value is -2.31. The maximum atomic E-state index is 10.7. The largest absolute Gasteiger partial charge is 0.496 e. The quantitative estimate of drug-likeness (QED) is 0.822. The molecule has 0 amide bonds. The van der Waals surface area contributed by atoms with Crippen molar-refractivity contribution in [2.45, 2.75) is 19.6 Å². The van der Waals surface area contributed by atoms with Crippen molar-refractivity contribution < 1.29 is 14.6 Å². The van der Waals surface area contributed by atoms with Gasteiger partial charge in [-0.25, -0.2) is 0 Å². The van der Waals surface area contributed by atoms with Gasteiger partial charge in [-0.15, -0.1) is 0 Å². The third kappa shape index (κ3) is 3.41. The first-order chi connectivity index (χ1) is 12.0. The van der Waals surface area contributed by atoms with Crippen LogP contribution in [0.3, 0.4) is 0 Å². The van der Waals surface area contributed by atoms with Crippen molar-refractivity contribution in [3.05, 3.63) is 53.1 Å². The lowest BCUT2D eigenvalue weighted by atomic mass is 9.95. The van der Waals surface area contributed by atoms with E-state index in [0.29, 0.717) is 24.0 Å². The van der Waals surface area contributed by atoms with E-state index in [9.17, 15) is 5.11 Å². The number of aliphatic hydroxyl groups excluding tert-OH is 1. The number of β-amino-alcohol motifs (C(OH)–C–C–N with tert-alkyl or cyclic N) is 1. The molecule has 1 aliphatic rings. The van der Waals surface area contributed by atoms with Crippen molar-refractivity contribution in [2.24, 2.45) is 0 Å². The molecule has 0 aromatic heterocycles. The molecule has 2 N–H and O–H groups in total. The second kappa shape index (κ2) is 7.29. The van der Waals surface area contributed by atoms with E-state index in [1.54, 1.807) is 14.2 Å². The highest BCUT2D eigenvalue weighted by Gasteiger charge is 2.30. The predicted octanol–water partition coefficient (Wildman–Crippen LogP) is 3.26. The summed E-state index contributed by atoms with van der Waals surface area (Å²) in [5.41, 5.74) is 3.75. The molecule has 0 bridgehead atoms. The number of para-hydroxylation sites is 1. The summed E-state index contributed by atoms with van der Waals surface area (Å²) in [5.74, 6) is 1.39. The zero-order valence-corrected chi connectivity index (χ0v) is 15.4. The first-order valence-corrected chi connectivity index (χ1v) is 8.49. The van der Waals surface area contributed by atoms with E-state index in [1.807, 2.05) is 48.2 Å². The number of thiocarbonyl (C=S) groups is 1. The number of aryl methyl sites for hydroxylation is 1. The smallest absolute Gasteiger partial charge is 0.173 e. The number of hydrogen-bond acceptors (Lipinski definition) is 4. The minimum Gasteiger partial charge on any atom is -0.496 e. The van der Waals surface area contributed by atoms with Crippen LogP contribution in [0.2, 0.25) is 0 Å². The number of fused-ring (bicyclic) bond motifs is 1. The van der Waals surface area contributed by atoms with Crippen LogP contribution in [0, 0.1) is 6.92 Å². The fourth-order valence-corrected chi connectivity index (χ4v) is 3.39. The van der Waals surface area contributed by atoms with Crippen molar-refractivity contribution in [2.75, 3.05) is 26.1 Å². The van der Waals surface area contributed by atoms with Crippen LogP contribution in [-0.4, -0.2) is 35.9 Å². The lowest BCUT2D eigenvalue weighted by molar-refractivity contribution is 0.123. The summed E-state index contributed by atoms with van der Waals surface area (Å²) < 4.78 is 10.9. The van der Waals surface area contributed by atoms with Crippen LogP contribution in [-0.2, 0) is 6.54 Å². The molecular formula is C19H22N2O3S. The maximum Gasteiger partial charge on any atom is 0.173 e. The van der Waals surface area contributed by atoms with Crippen molar-refractivity contribution in [3.8, 4) is 11.5 Å². The van der Waals surface area contributed by atoms with Gasteiger partial charge in [-0.1, -0.05) is 18.2 Å². The average Bonchev–Trinajstić information content (AvgIpc) is 2.62. The van der Waals surface area contributed by atoms with E-state index < -0.39 is 6.10 Å². The Kier molecular flexibility index (Phi) is 5.11. The third-order valence-electron chi connectivity index (χ3n) is 4.46. The van der Waals surface area contributed by atoms with E-state index in [0.717, 1.165) is 28.1 Å². The van der Waals surface area contributed by atoms with E-state index in [2.05, 4.69) is 5.32 Å². The topological polar surface area (TPSA) is 54.0 Å². The third-order valence-corrected chi connectivity index (χ3v) is 4.82. The molecule has 25 heavy (non-hydrogen) atoms. The summed E-state index contributed by atoms with van der Waals surface area (Å²) in [6.45, 7) is 2.97. The number of aliphatic hydroxyl groups is 1. The van der Waals surface area contributed by atoms with Gasteiger partial charge in [-0.3, -0.25) is 0 Å². The molecule has 2 aromatic carbocycles. The Morgan fingerprint density at radius 2 is 1.84 bits per heavy atom. The van der Waals surface area contributed by atoms with Gasteiger partial charge in [0.1, 0.15) is 17.6 Å². The van der Waals surface area contributed by atoms with Crippen molar-refractivity contribution in [1.29, 1.82) is 0 Å². The minimum atomic E-state index is -0.703. The second-order valence-electron chi connectivity index (χ2n) is 6.00. The van der Waals surface area contributed by atoms with Crippen LogP contribution >= 0.6 is 12.2 Å². The molecule has 0 saturated heterocycles. The standard InChI is InChI=1S/C19H22N2O3S/c1-12-6-4-5-7-14(12)20-19(25)21-10-13-16(23-2)8-9-17(24-3)18(13)15(22)11-21/h4-9,15,22H,10-11H2,1-3H3,(H,20,25)/t15-/m0/s1. The van der Waals surface area contributed by atoms with Gasteiger partial charge in [-0.05, 0) is 42.9 Å². The molecule has 6 heteroatoms. The monoisotopic (exact) mass is 358 g/mol. The fraction of sp³-hybridized carbons (Fsp3) is 0.316. The van der Waals surface area contributed by atoms with Crippen LogP contribution in [0.4, 0.5) is 5.69 Å². The summed E-state index contributed by atoms with van der Waals surface area (Å²) in [7, 11) is 3.23. The number of anilines is 1. The van der Waals surface area contributed by atoms with E-state index in [1.165, 1.54) is 0 Å². The lowest BCUT2D eigenvalue weighted by Crippen LogP contribution is -2.41. The Morgan fingerprint density at radius 3 is 2.52 bits per heavy atom. The van der Waals surface area contributed by atoms with E-state index >= 15 is 0 Å². The molecule has 0 fully saturated rings. The van der Waals surface area contributed by atoms with Gasteiger partial charge >= 0.3 is 0 Å². The molecule has 5 nitrogen and oxygen atoms in total. The van der Waals surface area contributed by atoms with Gasteiger partial charge in [0, 0.05) is 23.4 Å². The molecule has 1 atom stereocenters. The molecule has 132 valence electrons. The number of nitrogens with one attached hydrogen (secondary N) is 1. The van der Waals surface area contributed by atoms with Crippen LogP contribution in [0.15, 0.2) is 36.4 Å². The van der Waals surface area contributed by atoms with Crippen molar-refractivity contribution in [3.63, 3.8) is 0 Å². The lowest BCUT2D eigenvalue weighted by Gasteiger charge is -2.35. The number of methoxy groups -OCH3 is 2. The van der Waals surface area contributed by atoms with Gasteiger partial charge in [0.05, 0.1) is 20.8 Å². The normalized spacial score (nSPS) is 16.2. The van der Waals surface area contributed by atoms with Crippen molar-refractivity contribution in [1.82, 2.24) is 4.90 Å². The number of rotatable bonds is 3. The SMILES string of the molecule is COc1ccc(OC)c2c1CN(C(=S)Nc1ccccc1C)C[C@@H]2O. The van der Waals surface area contributed by atoms with Gasteiger partial charge in [0.15, 0.2) is 5.11 Å². The molecule has 1 heterocycles. The summed E-state index contributed by atoms with van der Waals surface area (Å²) in [6, 6.07) is 11.6. The van der Waals surface area contributed by atoms with Crippen molar-refractivity contribution >= 4 is 23.0 Å². The summed E-state index contributed by atoms with van der Waals surface area (Å²) in [6.07, 6.45) is -0.703. The summed E-state index contributed by atoms with van der Waals surface area (Å²) in [4.78, 5) is 1.94. The zero-order valence-electron chi connectivity index (χ0n) is 14.6. The van der Waals surface area contributed by atoms with Crippen LogP contribution in [0.5, 0.6) is 11.5 Å². The van der Waals surface area contributed by atoms with Gasteiger partial charge < -0.3 is 24.8 Å². The number of nitrogens with zero attached hydrogens (tertiary/aromatic N) is 1. The Labute approximate surface area is 153 Å². The Morgan fingerprint density at radius 1 is 1.16 bits per heavy atom. The predicted molar refractivity (Wildman–Crippen MR) is 102 cm³/mol. The van der Waals surface area contributed by atoms with Crippen LogP contribution < -0.4 is 14.8 Å². The Bertz CT molecular complexity index is 794. The Balaban J connectivity index is 1.88. The number of benzene rings is 2. The van der Waals surface area contributed by atoms with E-state index in [4.69, 9.17) is 21.7 Å². The van der Waals surface area contributed by atoms with Gasteiger partial charge in [-0.2, -0.15) is 0 Å². The fourth-order valence-electron chi connectivity index (χ4n) is 3.14. The second-order valence-corrected chi connectivity index (χ2v) is 6.39. The van der Waals surface area contributed by atoms with Crippen LogP contribution in [0.25, 0.3) is 0 Å². The average molecular weight is 358 g/mol. The van der Waals surface area contributed by atoms with Gasteiger partial charge in [0.25, 0.3) is 0 Å².